The number of benzene rings is 1. The molecule has 0 unspecified atom stereocenters. The molecule has 7 heteroatoms. The number of aromatic nitrogens is 2. The Bertz CT molecular complexity index is 712. The maximum atomic E-state index is 11.3. The van der Waals surface area contributed by atoms with Gasteiger partial charge in [-0.3, -0.25) is 0 Å². The summed E-state index contributed by atoms with van der Waals surface area (Å²) in [5.74, 6) is 0.470. The first-order valence-corrected chi connectivity index (χ1v) is 7.80. The standard InChI is InChI=1S/C13H15N3O3S/c1-9-10(7-14)8-15-13(16-9)19-11-3-5-12(6-4-11)20(2,17)18/h3-6,8H,7,14H2,1-2H3. The molecule has 1 aromatic carbocycles. The van der Waals surface area contributed by atoms with Crippen LogP contribution in [0.2, 0.25) is 0 Å². The molecule has 0 saturated carbocycles. The Balaban J connectivity index is 2.20. The van der Waals surface area contributed by atoms with Crippen LogP contribution >= 0.6 is 0 Å². The van der Waals surface area contributed by atoms with Crippen LogP contribution in [0.5, 0.6) is 11.8 Å². The number of nitrogens with zero attached hydrogens (tertiary/aromatic N) is 2. The van der Waals surface area contributed by atoms with Crippen LogP contribution in [0.4, 0.5) is 0 Å². The van der Waals surface area contributed by atoms with Gasteiger partial charge in [0.15, 0.2) is 9.84 Å². The van der Waals surface area contributed by atoms with Gasteiger partial charge in [0.25, 0.3) is 0 Å². The molecule has 0 radical (unpaired) electrons. The molecule has 0 atom stereocenters. The maximum absolute atomic E-state index is 11.3. The van der Waals surface area contributed by atoms with Gasteiger partial charge in [-0.2, -0.15) is 4.98 Å². The molecule has 106 valence electrons. The van der Waals surface area contributed by atoms with Gasteiger partial charge in [0, 0.05) is 30.3 Å². The van der Waals surface area contributed by atoms with Crippen LogP contribution in [0, 0.1) is 6.92 Å². The van der Waals surface area contributed by atoms with Gasteiger partial charge in [-0.1, -0.05) is 0 Å². The summed E-state index contributed by atoms with van der Waals surface area (Å²) < 4.78 is 28.1. The third-order valence-corrected chi connectivity index (χ3v) is 3.87. The zero-order valence-corrected chi connectivity index (χ0v) is 12.0. The van der Waals surface area contributed by atoms with Gasteiger partial charge in [0.05, 0.1) is 4.90 Å². The Morgan fingerprint density at radius 3 is 2.40 bits per heavy atom. The van der Waals surface area contributed by atoms with Crippen LogP contribution in [0.15, 0.2) is 35.4 Å². The number of sulfone groups is 1. The van der Waals surface area contributed by atoms with Crippen molar-refractivity contribution >= 4 is 9.84 Å². The lowest BCUT2D eigenvalue weighted by atomic mass is 10.2. The van der Waals surface area contributed by atoms with E-state index in [4.69, 9.17) is 10.5 Å². The van der Waals surface area contributed by atoms with E-state index in [9.17, 15) is 8.42 Å². The molecular weight excluding hydrogens is 278 g/mol. The van der Waals surface area contributed by atoms with Crippen LogP contribution in [0.3, 0.4) is 0 Å². The van der Waals surface area contributed by atoms with Gasteiger partial charge in [-0.05, 0) is 31.2 Å². The molecule has 0 amide bonds. The predicted molar refractivity (Wildman–Crippen MR) is 74.3 cm³/mol. The number of rotatable bonds is 4. The molecule has 0 saturated heterocycles. The average Bonchev–Trinajstić information content (AvgIpc) is 2.38. The van der Waals surface area contributed by atoms with E-state index in [0.717, 1.165) is 17.5 Å². The minimum Gasteiger partial charge on any atom is -0.424 e. The van der Waals surface area contributed by atoms with Gasteiger partial charge in [-0.15, -0.1) is 0 Å². The van der Waals surface area contributed by atoms with Crippen molar-refractivity contribution < 1.29 is 13.2 Å². The maximum Gasteiger partial charge on any atom is 0.322 e. The Morgan fingerprint density at radius 2 is 1.90 bits per heavy atom. The second-order valence-corrected chi connectivity index (χ2v) is 6.33. The summed E-state index contributed by atoms with van der Waals surface area (Å²) in [7, 11) is -3.21. The molecule has 0 spiro atoms. The summed E-state index contributed by atoms with van der Waals surface area (Å²) in [5.41, 5.74) is 7.14. The first-order valence-electron chi connectivity index (χ1n) is 5.90. The molecule has 1 heterocycles. The lowest BCUT2D eigenvalue weighted by molar-refractivity contribution is 0.439. The zero-order valence-electron chi connectivity index (χ0n) is 11.2. The Hall–Kier alpha value is -1.99. The summed E-state index contributed by atoms with van der Waals surface area (Å²) in [4.78, 5) is 8.46. The largest absolute Gasteiger partial charge is 0.424 e. The Kier molecular flexibility index (Phi) is 4.01. The van der Waals surface area contributed by atoms with Gasteiger partial charge >= 0.3 is 6.01 Å². The minimum atomic E-state index is -3.21. The number of hydrogen-bond acceptors (Lipinski definition) is 6. The van der Waals surface area contributed by atoms with Crippen molar-refractivity contribution in [2.24, 2.45) is 5.73 Å². The highest BCUT2D eigenvalue weighted by Gasteiger charge is 2.08. The van der Waals surface area contributed by atoms with Crippen LogP contribution < -0.4 is 10.5 Å². The van der Waals surface area contributed by atoms with E-state index in [1.807, 2.05) is 6.92 Å². The molecule has 0 bridgehead atoms. The summed E-state index contributed by atoms with van der Waals surface area (Å²) in [6.45, 7) is 2.19. The lowest BCUT2D eigenvalue weighted by Crippen LogP contribution is -2.03. The van der Waals surface area contributed by atoms with Gasteiger partial charge in [0.1, 0.15) is 5.75 Å². The fraction of sp³-hybridized carbons (Fsp3) is 0.231. The van der Waals surface area contributed by atoms with Crippen molar-refractivity contribution in [2.45, 2.75) is 18.4 Å². The topological polar surface area (TPSA) is 95.2 Å². The highest BCUT2D eigenvalue weighted by molar-refractivity contribution is 7.90. The van der Waals surface area contributed by atoms with E-state index in [1.54, 1.807) is 18.3 Å². The van der Waals surface area contributed by atoms with E-state index in [0.29, 0.717) is 12.3 Å². The SMILES string of the molecule is Cc1nc(Oc2ccc(S(C)(=O)=O)cc2)ncc1CN. The van der Waals surface area contributed by atoms with Crippen molar-refractivity contribution in [1.29, 1.82) is 0 Å². The molecule has 0 aliphatic carbocycles. The third kappa shape index (κ3) is 3.31. The quantitative estimate of drug-likeness (QED) is 0.916. The summed E-state index contributed by atoms with van der Waals surface area (Å²) >= 11 is 0. The van der Waals surface area contributed by atoms with E-state index in [1.165, 1.54) is 12.1 Å². The van der Waals surface area contributed by atoms with Crippen molar-refractivity contribution in [3.05, 3.63) is 41.7 Å². The Morgan fingerprint density at radius 1 is 1.25 bits per heavy atom. The summed E-state index contributed by atoms with van der Waals surface area (Å²) in [5, 5.41) is 0. The normalized spacial score (nSPS) is 11.3. The molecule has 1 aromatic heterocycles. The smallest absolute Gasteiger partial charge is 0.322 e. The number of hydrogen-bond donors (Lipinski definition) is 1. The average molecular weight is 293 g/mol. The van der Waals surface area contributed by atoms with Crippen molar-refractivity contribution in [1.82, 2.24) is 9.97 Å². The monoisotopic (exact) mass is 293 g/mol. The summed E-state index contributed by atoms with van der Waals surface area (Å²) in [6, 6.07) is 6.28. The van der Waals surface area contributed by atoms with Gasteiger partial charge in [-0.25, -0.2) is 13.4 Å². The Labute approximate surface area is 117 Å². The molecule has 0 aliphatic heterocycles. The second kappa shape index (κ2) is 5.56. The van der Waals surface area contributed by atoms with E-state index >= 15 is 0 Å². The fourth-order valence-electron chi connectivity index (χ4n) is 1.58. The molecule has 0 fully saturated rings. The van der Waals surface area contributed by atoms with Crippen LogP contribution in [-0.4, -0.2) is 24.6 Å². The zero-order chi connectivity index (χ0) is 14.8. The molecule has 2 N–H and O–H groups in total. The molecule has 2 rings (SSSR count). The number of ether oxygens (including phenoxy) is 1. The van der Waals surface area contributed by atoms with E-state index < -0.39 is 9.84 Å². The van der Waals surface area contributed by atoms with Crippen LogP contribution in [-0.2, 0) is 16.4 Å². The summed E-state index contributed by atoms with van der Waals surface area (Å²) in [6.07, 6.45) is 2.77. The fourth-order valence-corrected chi connectivity index (χ4v) is 2.21. The molecule has 20 heavy (non-hydrogen) atoms. The first-order chi connectivity index (χ1) is 9.40. The molecule has 2 aromatic rings. The predicted octanol–water partition coefficient (Wildman–Crippen LogP) is 1.44. The van der Waals surface area contributed by atoms with Crippen molar-refractivity contribution in [3.8, 4) is 11.8 Å². The number of nitrogens with two attached hydrogens (primary N) is 1. The third-order valence-electron chi connectivity index (χ3n) is 2.74. The highest BCUT2D eigenvalue weighted by atomic mass is 32.2. The minimum absolute atomic E-state index is 0.201. The van der Waals surface area contributed by atoms with E-state index in [2.05, 4.69) is 9.97 Å². The lowest BCUT2D eigenvalue weighted by Gasteiger charge is -2.07. The molecule has 0 aliphatic rings. The van der Waals surface area contributed by atoms with Crippen LogP contribution in [0.1, 0.15) is 11.3 Å². The second-order valence-electron chi connectivity index (χ2n) is 4.31. The highest BCUT2D eigenvalue weighted by Crippen LogP contribution is 2.20. The first kappa shape index (κ1) is 14.4. The van der Waals surface area contributed by atoms with E-state index in [-0.39, 0.29) is 10.9 Å². The van der Waals surface area contributed by atoms with Gasteiger partial charge in [0.2, 0.25) is 0 Å². The molecular formula is C13H15N3O3S. The van der Waals surface area contributed by atoms with Crippen molar-refractivity contribution in [3.63, 3.8) is 0 Å². The van der Waals surface area contributed by atoms with Crippen LogP contribution in [0.25, 0.3) is 0 Å². The number of aryl methyl sites for hydroxylation is 1. The molecule has 6 nitrogen and oxygen atoms in total. The van der Waals surface area contributed by atoms with Crippen molar-refractivity contribution in [2.75, 3.05) is 6.26 Å². The van der Waals surface area contributed by atoms with Gasteiger partial charge < -0.3 is 10.5 Å².